The Hall–Kier alpha value is -2.29. The summed E-state index contributed by atoms with van der Waals surface area (Å²) in [6, 6.07) is 6.43. The Kier molecular flexibility index (Phi) is 5.94. The molecule has 1 aromatic heterocycles. The largest absolute Gasteiger partial charge is 0.377 e. The summed E-state index contributed by atoms with van der Waals surface area (Å²) < 4.78 is 30.7. The number of amides is 1. The molecular formula is C21H26FN3O4. The van der Waals surface area contributed by atoms with Gasteiger partial charge in [0.05, 0.1) is 25.5 Å². The highest BCUT2D eigenvalue weighted by molar-refractivity contribution is 5.91. The first kappa shape index (κ1) is 20.0. The Labute approximate surface area is 169 Å². The predicted molar refractivity (Wildman–Crippen MR) is 103 cm³/mol. The highest BCUT2D eigenvalue weighted by atomic mass is 19.1. The lowest BCUT2D eigenvalue weighted by molar-refractivity contribution is -0.0849. The molecule has 0 bridgehead atoms. The van der Waals surface area contributed by atoms with E-state index in [0.717, 1.165) is 37.1 Å². The van der Waals surface area contributed by atoms with Crippen LogP contribution < -0.4 is 5.32 Å². The van der Waals surface area contributed by atoms with Gasteiger partial charge in [0.15, 0.2) is 0 Å². The minimum absolute atomic E-state index is 0.0821. The van der Waals surface area contributed by atoms with Gasteiger partial charge in [-0.3, -0.25) is 9.69 Å². The molecule has 2 aromatic rings. The topological polar surface area (TPSA) is 76.8 Å². The van der Waals surface area contributed by atoms with E-state index in [-0.39, 0.29) is 23.6 Å². The molecule has 8 heteroatoms. The molecule has 0 aliphatic carbocycles. The smallest absolute Gasteiger partial charge is 0.289 e. The van der Waals surface area contributed by atoms with Crippen LogP contribution >= 0.6 is 0 Å². The molecule has 2 saturated heterocycles. The fourth-order valence-corrected chi connectivity index (χ4v) is 4.06. The van der Waals surface area contributed by atoms with Gasteiger partial charge in [0.25, 0.3) is 5.91 Å². The quantitative estimate of drug-likeness (QED) is 0.826. The third-order valence-electron chi connectivity index (χ3n) is 5.62. The second-order valence-electron chi connectivity index (χ2n) is 7.88. The summed E-state index contributed by atoms with van der Waals surface area (Å²) in [4.78, 5) is 14.3. The molecule has 0 unspecified atom stereocenters. The average Bonchev–Trinajstić information content (AvgIpc) is 3.32. The monoisotopic (exact) mass is 403 g/mol. The van der Waals surface area contributed by atoms with Crippen molar-refractivity contribution in [1.82, 2.24) is 15.4 Å². The van der Waals surface area contributed by atoms with Crippen molar-refractivity contribution < 1.29 is 23.2 Å². The first-order valence-electron chi connectivity index (χ1n) is 9.95. The van der Waals surface area contributed by atoms with Crippen LogP contribution in [0, 0.1) is 12.7 Å². The summed E-state index contributed by atoms with van der Waals surface area (Å²) in [5, 5.41) is 6.38. The van der Waals surface area contributed by atoms with Gasteiger partial charge in [-0.2, -0.15) is 0 Å². The number of carbonyl (C=O) groups is 1. The number of benzene rings is 1. The van der Waals surface area contributed by atoms with E-state index in [1.54, 1.807) is 6.07 Å². The zero-order valence-electron chi connectivity index (χ0n) is 16.5. The van der Waals surface area contributed by atoms with Crippen LogP contribution in [0.15, 0.2) is 35.0 Å². The fourth-order valence-electron chi connectivity index (χ4n) is 4.06. The Morgan fingerprint density at radius 1 is 1.41 bits per heavy atom. The SMILES string of the molecule is Cc1ccc(F)cc1CN1CCOC[C@@]2(CC[C@@H](CNC(=O)c3ccno3)O2)C1. The van der Waals surface area contributed by atoms with Crippen LogP contribution in [0.25, 0.3) is 0 Å². The van der Waals surface area contributed by atoms with Crippen LogP contribution in [-0.4, -0.2) is 60.5 Å². The molecule has 2 fully saturated rings. The molecule has 7 nitrogen and oxygen atoms in total. The number of hydrogen-bond acceptors (Lipinski definition) is 6. The van der Waals surface area contributed by atoms with Gasteiger partial charge in [-0.15, -0.1) is 0 Å². The van der Waals surface area contributed by atoms with Crippen molar-refractivity contribution in [1.29, 1.82) is 0 Å². The number of aryl methyl sites for hydroxylation is 1. The molecule has 2 aliphatic heterocycles. The van der Waals surface area contributed by atoms with E-state index < -0.39 is 5.60 Å². The molecule has 2 atom stereocenters. The van der Waals surface area contributed by atoms with Crippen LogP contribution in [-0.2, 0) is 16.0 Å². The van der Waals surface area contributed by atoms with E-state index in [2.05, 4.69) is 15.4 Å². The molecule has 3 heterocycles. The van der Waals surface area contributed by atoms with Crippen LogP contribution in [0.2, 0.25) is 0 Å². The van der Waals surface area contributed by atoms with Crippen LogP contribution in [0.4, 0.5) is 4.39 Å². The van der Waals surface area contributed by atoms with Gasteiger partial charge in [-0.25, -0.2) is 4.39 Å². The lowest BCUT2D eigenvalue weighted by atomic mass is 9.99. The molecule has 1 N–H and O–H groups in total. The number of carbonyl (C=O) groups excluding carboxylic acids is 1. The van der Waals surface area contributed by atoms with E-state index in [9.17, 15) is 9.18 Å². The van der Waals surface area contributed by atoms with Gasteiger partial charge in [0, 0.05) is 32.2 Å². The molecule has 1 aromatic carbocycles. The van der Waals surface area contributed by atoms with Crippen molar-refractivity contribution in [2.24, 2.45) is 0 Å². The molecule has 4 rings (SSSR count). The van der Waals surface area contributed by atoms with E-state index >= 15 is 0 Å². The van der Waals surface area contributed by atoms with Crippen molar-refractivity contribution in [3.05, 3.63) is 53.2 Å². The molecule has 0 radical (unpaired) electrons. The Morgan fingerprint density at radius 3 is 3.14 bits per heavy atom. The highest BCUT2D eigenvalue weighted by Crippen LogP contribution is 2.33. The summed E-state index contributed by atoms with van der Waals surface area (Å²) >= 11 is 0. The molecule has 2 aliphatic rings. The normalized spacial score (nSPS) is 25.2. The first-order valence-corrected chi connectivity index (χ1v) is 9.95. The number of ether oxygens (including phenoxy) is 2. The van der Waals surface area contributed by atoms with Crippen molar-refractivity contribution in [2.45, 2.75) is 38.0 Å². The second-order valence-corrected chi connectivity index (χ2v) is 7.88. The molecule has 1 amide bonds. The number of rotatable bonds is 5. The number of hydrogen-bond donors (Lipinski definition) is 1. The number of aromatic nitrogens is 1. The van der Waals surface area contributed by atoms with Gasteiger partial charge in [-0.05, 0) is 43.0 Å². The Balaban J connectivity index is 1.36. The van der Waals surface area contributed by atoms with Gasteiger partial charge < -0.3 is 19.3 Å². The molecular weight excluding hydrogens is 377 g/mol. The Bertz CT molecular complexity index is 844. The van der Waals surface area contributed by atoms with Crippen molar-refractivity contribution in [2.75, 3.05) is 32.8 Å². The van der Waals surface area contributed by atoms with E-state index in [1.807, 2.05) is 13.0 Å². The van der Waals surface area contributed by atoms with Crippen molar-refractivity contribution in [3.63, 3.8) is 0 Å². The first-order chi connectivity index (χ1) is 14.0. The maximum Gasteiger partial charge on any atom is 0.289 e. The maximum atomic E-state index is 13.7. The molecule has 0 saturated carbocycles. The lowest BCUT2D eigenvalue weighted by Crippen LogP contribution is -2.45. The Morgan fingerprint density at radius 2 is 2.31 bits per heavy atom. The lowest BCUT2D eigenvalue weighted by Gasteiger charge is -2.32. The standard InChI is InChI=1S/C21H26FN3O4/c1-15-2-3-17(22)10-16(15)12-25-8-9-27-14-21(13-25)6-4-18(28-21)11-23-20(26)19-5-7-24-29-19/h2-3,5,7,10,18H,4,6,8-9,11-14H2,1H3,(H,23,26)/t18-,21+/m0/s1. The minimum atomic E-state index is -0.403. The summed E-state index contributed by atoms with van der Waals surface area (Å²) in [6.07, 6.45) is 3.05. The van der Waals surface area contributed by atoms with Gasteiger partial charge >= 0.3 is 0 Å². The zero-order valence-corrected chi connectivity index (χ0v) is 16.5. The summed E-state index contributed by atoms with van der Waals surface area (Å²) in [5.41, 5.74) is 1.65. The van der Waals surface area contributed by atoms with Gasteiger partial charge in [0.1, 0.15) is 11.4 Å². The van der Waals surface area contributed by atoms with Gasteiger partial charge in [-0.1, -0.05) is 11.2 Å². The zero-order chi connectivity index (χ0) is 20.3. The molecule has 156 valence electrons. The minimum Gasteiger partial charge on any atom is -0.377 e. The van der Waals surface area contributed by atoms with Crippen LogP contribution in [0.3, 0.4) is 0 Å². The maximum absolute atomic E-state index is 13.7. The summed E-state index contributed by atoms with van der Waals surface area (Å²) in [6.45, 7) is 5.70. The fraction of sp³-hybridized carbons (Fsp3) is 0.524. The van der Waals surface area contributed by atoms with Crippen molar-refractivity contribution >= 4 is 5.91 Å². The van der Waals surface area contributed by atoms with Gasteiger partial charge in [0.2, 0.25) is 5.76 Å². The third kappa shape index (κ3) is 4.83. The highest BCUT2D eigenvalue weighted by Gasteiger charge is 2.43. The number of nitrogens with zero attached hydrogens (tertiary/aromatic N) is 2. The number of halogens is 1. The van der Waals surface area contributed by atoms with E-state index in [0.29, 0.717) is 26.3 Å². The second kappa shape index (κ2) is 8.61. The molecule has 1 spiro atoms. The summed E-state index contributed by atoms with van der Waals surface area (Å²) in [7, 11) is 0. The number of nitrogens with one attached hydrogen (secondary N) is 1. The third-order valence-corrected chi connectivity index (χ3v) is 5.62. The van der Waals surface area contributed by atoms with Crippen molar-refractivity contribution in [3.8, 4) is 0 Å². The average molecular weight is 403 g/mol. The van der Waals surface area contributed by atoms with Crippen LogP contribution in [0.1, 0.15) is 34.5 Å². The van der Waals surface area contributed by atoms with E-state index in [1.165, 1.54) is 18.3 Å². The van der Waals surface area contributed by atoms with Crippen LogP contribution in [0.5, 0.6) is 0 Å². The van der Waals surface area contributed by atoms with E-state index in [4.69, 9.17) is 14.0 Å². The summed E-state index contributed by atoms with van der Waals surface area (Å²) in [5.74, 6) is -0.328. The molecule has 29 heavy (non-hydrogen) atoms. The predicted octanol–water partition coefficient (Wildman–Crippen LogP) is 2.30.